The summed E-state index contributed by atoms with van der Waals surface area (Å²) >= 11 is 3.27. The minimum Gasteiger partial charge on any atom is -0.450 e. The summed E-state index contributed by atoms with van der Waals surface area (Å²) in [5.74, 6) is -0.198. The third-order valence-corrected chi connectivity index (χ3v) is 4.75. The predicted octanol–water partition coefficient (Wildman–Crippen LogP) is 4.26. The van der Waals surface area contributed by atoms with Crippen LogP contribution in [0.4, 0.5) is 5.69 Å². The van der Waals surface area contributed by atoms with Crippen molar-refractivity contribution in [3.05, 3.63) is 87.8 Å². The van der Waals surface area contributed by atoms with Crippen LogP contribution in [0.3, 0.4) is 0 Å². The van der Waals surface area contributed by atoms with Crippen molar-refractivity contribution in [3.63, 3.8) is 0 Å². The molecule has 2 aromatic carbocycles. The molecular weight excluding hydrogens is 410 g/mol. The number of hydrogen-bond acceptors (Lipinski definition) is 4. The van der Waals surface area contributed by atoms with Crippen molar-refractivity contribution in [2.45, 2.75) is 13.1 Å². The smallest absolute Gasteiger partial charge is 0.276 e. The van der Waals surface area contributed by atoms with Crippen LogP contribution in [0, 0.1) is 6.92 Å². The van der Waals surface area contributed by atoms with Crippen LogP contribution in [-0.4, -0.2) is 16.8 Å². The van der Waals surface area contributed by atoms with Crippen molar-refractivity contribution in [3.8, 4) is 0 Å². The SMILES string of the molecule is Cc1ccc(C(=O)NN2C(=O)c3ccccc3NC2c2ccc(Br)o2)cc1. The number of anilines is 1. The number of halogens is 1. The molecule has 1 aromatic heterocycles. The van der Waals surface area contributed by atoms with Crippen molar-refractivity contribution in [1.82, 2.24) is 10.4 Å². The minimum atomic E-state index is -0.673. The van der Waals surface area contributed by atoms with Gasteiger partial charge >= 0.3 is 0 Å². The Morgan fingerprint density at radius 3 is 2.56 bits per heavy atom. The molecule has 0 saturated heterocycles. The monoisotopic (exact) mass is 425 g/mol. The number of benzene rings is 2. The van der Waals surface area contributed by atoms with Crippen LogP contribution in [0.2, 0.25) is 0 Å². The fourth-order valence-corrected chi connectivity index (χ4v) is 3.24. The van der Waals surface area contributed by atoms with Gasteiger partial charge in [-0.2, -0.15) is 0 Å². The van der Waals surface area contributed by atoms with Crippen LogP contribution in [0.15, 0.2) is 69.8 Å². The molecule has 27 heavy (non-hydrogen) atoms. The van der Waals surface area contributed by atoms with Crippen molar-refractivity contribution < 1.29 is 14.0 Å². The fourth-order valence-electron chi connectivity index (χ4n) is 2.92. The molecule has 1 aliphatic heterocycles. The van der Waals surface area contributed by atoms with E-state index in [0.717, 1.165) is 5.56 Å². The molecule has 3 aromatic rings. The van der Waals surface area contributed by atoms with Crippen LogP contribution in [0.25, 0.3) is 0 Å². The Morgan fingerprint density at radius 1 is 1.11 bits per heavy atom. The van der Waals surface area contributed by atoms with E-state index in [1.54, 1.807) is 36.4 Å². The zero-order valence-electron chi connectivity index (χ0n) is 14.4. The Labute approximate surface area is 164 Å². The fraction of sp³-hybridized carbons (Fsp3) is 0.100. The number of nitrogens with one attached hydrogen (secondary N) is 2. The van der Waals surface area contributed by atoms with Gasteiger partial charge in [0.2, 0.25) is 0 Å². The van der Waals surface area contributed by atoms with Crippen molar-refractivity contribution in [2.24, 2.45) is 0 Å². The van der Waals surface area contributed by atoms with E-state index < -0.39 is 6.17 Å². The molecule has 136 valence electrons. The molecule has 4 rings (SSSR count). The second kappa shape index (κ2) is 6.92. The van der Waals surface area contributed by atoms with E-state index in [2.05, 4.69) is 26.7 Å². The number of fused-ring (bicyclic) bond motifs is 1. The Bertz CT molecular complexity index is 1010. The molecule has 0 aliphatic carbocycles. The Hall–Kier alpha value is -3.06. The number of carbonyl (C=O) groups excluding carboxylic acids is 2. The second-order valence-electron chi connectivity index (χ2n) is 6.22. The zero-order valence-corrected chi connectivity index (χ0v) is 16.0. The maximum absolute atomic E-state index is 13.0. The van der Waals surface area contributed by atoms with E-state index in [1.807, 2.05) is 31.2 Å². The molecule has 0 fully saturated rings. The maximum atomic E-state index is 13.0. The molecule has 0 bridgehead atoms. The van der Waals surface area contributed by atoms with E-state index in [4.69, 9.17) is 4.42 Å². The Kier molecular flexibility index (Phi) is 4.45. The Balaban J connectivity index is 1.69. The highest BCUT2D eigenvalue weighted by Crippen LogP contribution is 2.33. The van der Waals surface area contributed by atoms with Gasteiger partial charge in [0.25, 0.3) is 11.8 Å². The van der Waals surface area contributed by atoms with E-state index >= 15 is 0 Å². The molecule has 1 aliphatic rings. The van der Waals surface area contributed by atoms with Crippen LogP contribution < -0.4 is 10.7 Å². The number of amides is 2. The highest BCUT2D eigenvalue weighted by Gasteiger charge is 2.36. The van der Waals surface area contributed by atoms with Gasteiger partial charge in [-0.25, -0.2) is 5.01 Å². The first kappa shape index (κ1) is 17.4. The maximum Gasteiger partial charge on any atom is 0.276 e. The number of carbonyl (C=O) groups is 2. The normalized spacial score (nSPS) is 15.9. The van der Waals surface area contributed by atoms with Crippen molar-refractivity contribution in [1.29, 1.82) is 0 Å². The number of hydrazine groups is 1. The molecule has 2 N–H and O–H groups in total. The number of nitrogens with zero attached hydrogens (tertiary/aromatic N) is 1. The molecule has 7 heteroatoms. The number of furan rings is 1. The molecule has 2 amide bonds. The van der Waals surface area contributed by atoms with Crippen LogP contribution in [0.1, 0.15) is 38.2 Å². The number of rotatable bonds is 3. The first-order valence-electron chi connectivity index (χ1n) is 8.35. The van der Waals surface area contributed by atoms with Gasteiger partial charge in [0.1, 0.15) is 5.76 Å². The summed E-state index contributed by atoms with van der Waals surface area (Å²) in [6, 6.07) is 17.8. The summed E-state index contributed by atoms with van der Waals surface area (Å²) in [4.78, 5) is 25.7. The molecule has 0 radical (unpaired) electrons. The molecule has 6 nitrogen and oxygen atoms in total. The van der Waals surface area contributed by atoms with Crippen LogP contribution in [0.5, 0.6) is 0 Å². The summed E-state index contributed by atoms with van der Waals surface area (Å²) in [5.41, 5.74) is 5.38. The largest absolute Gasteiger partial charge is 0.450 e. The molecule has 0 spiro atoms. The Morgan fingerprint density at radius 2 is 1.85 bits per heavy atom. The van der Waals surface area contributed by atoms with Crippen LogP contribution >= 0.6 is 15.9 Å². The summed E-state index contributed by atoms with van der Waals surface area (Å²) in [5, 5.41) is 4.51. The number of para-hydroxylation sites is 1. The minimum absolute atomic E-state index is 0.317. The van der Waals surface area contributed by atoms with Crippen LogP contribution in [-0.2, 0) is 0 Å². The topological polar surface area (TPSA) is 74.6 Å². The van der Waals surface area contributed by atoms with Gasteiger partial charge in [0.05, 0.1) is 5.56 Å². The number of hydrogen-bond donors (Lipinski definition) is 2. The first-order chi connectivity index (χ1) is 13.0. The van der Waals surface area contributed by atoms with Gasteiger partial charge in [0, 0.05) is 11.3 Å². The lowest BCUT2D eigenvalue weighted by Crippen LogP contribution is -2.52. The predicted molar refractivity (Wildman–Crippen MR) is 104 cm³/mol. The molecular formula is C20H16BrN3O3. The third-order valence-electron chi connectivity index (χ3n) is 4.33. The quantitative estimate of drug-likeness (QED) is 0.657. The lowest BCUT2D eigenvalue weighted by molar-refractivity contribution is 0.0466. The van der Waals surface area contributed by atoms with Gasteiger partial charge in [-0.15, -0.1) is 0 Å². The summed E-state index contributed by atoms with van der Waals surface area (Å²) in [6.07, 6.45) is -0.673. The zero-order chi connectivity index (χ0) is 19.0. The summed E-state index contributed by atoms with van der Waals surface area (Å²) in [6.45, 7) is 1.95. The standard InChI is InChI=1S/C20H16BrN3O3/c1-12-6-8-13(9-7-12)19(25)23-24-18(16-10-11-17(21)27-16)22-15-5-3-2-4-14(15)20(24)26/h2-11,18,22H,1H3,(H,23,25). The van der Waals surface area contributed by atoms with Gasteiger partial charge in [-0.3, -0.25) is 15.0 Å². The van der Waals surface area contributed by atoms with E-state index in [9.17, 15) is 9.59 Å². The molecule has 0 saturated carbocycles. The van der Waals surface area contributed by atoms with Gasteiger partial charge in [0.15, 0.2) is 10.8 Å². The van der Waals surface area contributed by atoms with Crippen molar-refractivity contribution in [2.75, 3.05) is 5.32 Å². The van der Waals surface area contributed by atoms with Gasteiger partial charge in [-0.05, 0) is 59.3 Å². The summed E-state index contributed by atoms with van der Waals surface area (Å²) in [7, 11) is 0. The average Bonchev–Trinajstić information content (AvgIpc) is 3.10. The van der Waals surface area contributed by atoms with E-state index in [-0.39, 0.29) is 11.8 Å². The van der Waals surface area contributed by atoms with Crippen molar-refractivity contribution >= 4 is 33.4 Å². The van der Waals surface area contributed by atoms with Gasteiger partial charge in [-0.1, -0.05) is 29.8 Å². The highest BCUT2D eigenvalue weighted by atomic mass is 79.9. The van der Waals surface area contributed by atoms with Gasteiger partial charge < -0.3 is 9.73 Å². The highest BCUT2D eigenvalue weighted by molar-refractivity contribution is 9.10. The second-order valence-corrected chi connectivity index (χ2v) is 7.00. The summed E-state index contributed by atoms with van der Waals surface area (Å²) < 4.78 is 6.17. The average molecular weight is 426 g/mol. The van der Waals surface area contributed by atoms with E-state index in [1.165, 1.54) is 5.01 Å². The third kappa shape index (κ3) is 3.33. The molecule has 1 atom stereocenters. The van der Waals surface area contributed by atoms with E-state index in [0.29, 0.717) is 27.2 Å². The lowest BCUT2D eigenvalue weighted by atomic mass is 10.1. The molecule has 1 unspecified atom stereocenters. The number of aryl methyl sites for hydroxylation is 1. The lowest BCUT2D eigenvalue weighted by Gasteiger charge is -2.36. The first-order valence-corrected chi connectivity index (χ1v) is 9.14. The molecule has 2 heterocycles.